The molecule has 0 saturated carbocycles. The van der Waals surface area contributed by atoms with E-state index < -0.39 is 0 Å². The zero-order chi connectivity index (χ0) is 53.0. The van der Waals surface area contributed by atoms with Crippen LogP contribution >= 0.6 is 0 Å². The maximum Gasteiger partial charge on any atom is 0.0433 e. The van der Waals surface area contributed by atoms with Crippen molar-refractivity contribution in [1.82, 2.24) is 5.32 Å². The zero-order valence-electron chi connectivity index (χ0n) is 46.1. The van der Waals surface area contributed by atoms with Gasteiger partial charge in [-0.15, -0.1) is 0 Å². The van der Waals surface area contributed by atoms with Gasteiger partial charge in [-0.1, -0.05) is 276 Å². The van der Waals surface area contributed by atoms with Crippen molar-refractivity contribution in [3.63, 3.8) is 0 Å². The van der Waals surface area contributed by atoms with Crippen LogP contribution in [0, 0.1) is 13.8 Å². The average Bonchev–Trinajstić information content (AvgIpc) is 3.44. The maximum atomic E-state index is 5.01. The lowest BCUT2D eigenvalue weighted by Gasteiger charge is -2.20. The third-order valence-electron chi connectivity index (χ3n) is 11.4. The monoisotopic (exact) mass is 945 g/mol. The zero-order valence-corrected chi connectivity index (χ0v) is 46.1. The highest BCUT2D eigenvalue weighted by Crippen LogP contribution is 2.36. The number of benzene rings is 6. The van der Waals surface area contributed by atoms with E-state index in [9.17, 15) is 0 Å². The minimum Gasteiger partial charge on any atom is -0.388 e. The van der Waals surface area contributed by atoms with E-state index in [0.717, 1.165) is 60.3 Å². The molecular formula is C69H88N2. The largest absolute Gasteiger partial charge is 0.388 e. The number of rotatable bonds is 17. The Balaban J connectivity index is 0.000000588. The second-order valence-electron chi connectivity index (χ2n) is 15.8. The highest BCUT2D eigenvalue weighted by molar-refractivity contribution is 6.00. The first kappa shape index (κ1) is 62.0. The van der Waals surface area contributed by atoms with Crippen LogP contribution in [-0.2, 0) is 6.42 Å². The second-order valence-corrected chi connectivity index (χ2v) is 15.8. The number of hydrogen-bond acceptors (Lipinski definition) is 2. The lowest BCUT2D eigenvalue weighted by molar-refractivity contribution is 0.959. The fourth-order valence-electron chi connectivity index (χ4n) is 7.77. The van der Waals surface area contributed by atoms with Crippen LogP contribution in [0.25, 0.3) is 33.5 Å². The molecule has 0 fully saturated rings. The summed E-state index contributed by atoms with van der Waals surface area (Å²) in [6.07, 6.45) is 11.8. The minimum atomic E-state index is 0.721. The summed E-state index contributed by atoms with van der Waals surface area (Å²) in [6, 6.07) is 54.7. The Morgan fingerprint density at radius 3 is 1.58 bits per heavy atom. The summed E-state index contributed by atoms with van der Waals surface area (Å²) in [5.74, 6) is 0. The van der Waals surface area contributed by atoms with Crippen LogP contribution in [0.3, 0.4) is 0 Å². The quantitative estimate of drug-likeness (QED) is 0.0715. The molecule has 0 heterocycles. The van der Waals surface area contributed by atoms with Crippen LogP contribution in [0.15, 0.2) is 224 Å². The van der Waals surface area contributed by atoms with Crippen molar-refractivity contribution in [2.75, 3.05) is 13.6 Å². The van der Waals surface area contributed by atoms with E-state index in [1.165, 1.54) is 66.8 Å². The van der Waals surface area contributed by atoms with Crippen LogP contribution in [0.4, 0.5) is 0 Å². The first-order chi connectivity index (χ1) is 34.6. The average molecular weight is 945 g/mol. The molecule has 0 saturated heterocycles. The topological polar surface area (TPSA) is 24.4 Å². The molecule has 0 bridgehead atoms. The molecule has 0 aliphatic heterocycles. The molecule has 6 aromatic rings. The second kappa shape index (κ2) is 36.9. The van der Waals surface area contributed by atoms with Crippen LogP contribution in [0.2, 0.25) is 0 Å². The molecule has 0 spiro atoms. The van der Waals surface area contributed by atoms with Crippen molar-refractivity contribution >= 4 is 28.1 Å². The molecule has 0 aromatic heterocycles. The van der Waals surface area contributed by atoms with Crippen molar-refractivity contribution in [3.05, 3.63) is 264 Å². The molecule has 71 heavy (non-hydrogen) atoms. The van der Waals surface area contributed by atoms with Gasteiger partial charge in [0.05, 0.1) is 0 Å². The minimum absolute atomic E-state index is 0.721. The lowest BCUT2D eigenvalue weighted by Crippen LogP contribution is -2.04. The van der Waals surface area contributed by atoms with Gasteiger partial charge in [0, 0.05) is 30.6 Å². The fraction of sp³-hybridized carbons (Fsp3) is 0.261. The molecule has 374 valence electrons. The van der Waals surface area contributed by atoms with E-state index >= 15 is 0 Å². The smallest absolute Gasteiger partial charge is 0.0433 e. The summed E-state index contributed by atoms with van der Waals surface area (Å²) in [6.45, 7) is 42.7. The van der Waals surface area contributed by atoms with E-state index in [1.807, 2.05) is 91.1 Å². The SMILES string of the molecule is C=C(/C(C)=C(/CCN=C(CC)c1ccccc1)C(=C)c1ccccc1CC)c1ccccc1C.C=C/C=C\C(=C/CC)c1ccccc1-c1ccccc1C(=C)NC.CC.CC.CC.Cc1ccccc1. The van der Waals surface area contributed by atoms with Gasteiger partial charge < -0.3 is 5.32 Å². The first-order valence-corrected chi connectivity index (χ1v) is 26.0. The van der Waals surface area contributed by atoms with E-state index in [0.29, 0.717) is 0 Å². The Kier molecular flexibility index (Phi) is 32.2. The van der Waals surface area contributed by atoms with Gasteiger partial charge in [0.2, 0.25) is 0 Å². The number of aryl methyl sites for hydroxylation is 3. The Bertz CT molecular complexity index is 2610. The molecule has 2 heteroatoms. The number of allylic oxidation sites excluding steroid dienone is 8. The number of nitrogens with one attached hydrogen (secondary N) is 1. The summed E-state index contributed by atoms with van der Waals surface area (Å²) in [5.41, 5.74) is 20.1. The maximum absolute atomic E-state index is 5.01. The van der Waals surface area contributed by atoms with Crippen LogP contribution in [0.1, 0.15) is 133 Å². The van der Waals surface area contributed by atoms with E-state index in [4.69, 9.17) is 4.99 Å². The Morgan fingerprint density at radius 2 is 1.07 bits per heavy atom. The number of hydrogen-bond donors (Lipinski definition) is 1. The third-order valence-corrected chi connectivity index (χ3v) is 11.4. The molecule has 0 amide bonds. The number of aliphatic imine (C=N–C) groups is 1. The predicted molar refractivity (Wildman–Crippen MR) is 323 cm³/mol. The summed E-state index contributed by atoms with van der Waals surface area (Å²) in [5, 5.41) is 3.16. The molecule has 0 unspecified atom stereocenters. The van der Waals surface area contributed by atoms with Crippen LogP contribution in [-0.4, -0.2) is 19.3 Å². The van der Waals surface area contributed by atoms with Gasteiger partial charge in [0.15, 0.2) is 0 Å². The highest BCUT2D eigenvalue weighted by Gasteiger charge is 2.16. The molecular weight excluding hydrogens is 857 g/mol. The van der Waals surface area contributed by atoms with Crippen molar-refractivity contribution in [2.24, 2.45) is 4.99 Å². The first-order valence-electron chi connectivity index (χ1n) is 26.0. The summed E-state index contributed by atoms with van der Waals surface area (Å²) in [4.78, 5) is 5.01. The molecule has 1 N–H and O–H groups in total. The van der Waals surface area contributed by atoms with Gasteiger partial charge in [-0.3, -0.25) is 4.99 Å². The summed E-state index contributed by atoms with van der Waals surface area (Å²) in [7, 11) is 1.90. The highest BCUT2D eigenvalue weighted by atomic mass is 14.8. The summed E-state index contributed by atoms with van der Waals surface area (Å²) >= 11 is 0. The summed E-state index contributed by atoms with van der Waals surface area (Å²) < 4.78 is 0. The van der Waals surface area contributed by atoms with Gasteiger partial charge in [-0.25, -0.2) is 0 Å². The third kappa shape index (κ3) is 20.1. The van der Waals surface area contributed by atoms with E-state index in [1.54, 1.807) is 0 Å². The normalized spacial score (nSPS) is 10.9. The van der Waals surface area contributed by atoms with Crippen LogP contribution in [0.5, 0.6) is 0 Å². The molecule has 0 aliphatic carbocycles. The van der Waals surface area contributed by atoms with Gasteiger partial charge in [0.1, 0.15) is 0 Å². The van der Waals surface area contributed by atoms with E-state index in [-0.39, 0.29) is 0 Å². The molecule has 6 aromatic carbocycles. The molecule has 0 aliphatic rings. The van der Waals surface area contributed by atoms with Gasteiger partial charge in [0.25, 0.3) is 0 Å². The van der Waals surface area contributed by atoms with Gasteiger partial charge >= 0.3 is 0 Å². The molecule has 0 radical (unpaired) electrons. The predicted octanol–water partition coefficient (Wildman–Crippen LogP) is 20.0. The van der Waals surface area contributed by atoms with Gasteiger partial charge in [-0.05, 0) is 119 Å². The molecule has 0 atom stereocenters. The van der Waals surface area contributed by atoms with Gasteiger partial charge in [-0.2, -0.15) is 0 Å². The standard InChI is InChI=1S/C33H37N.C23H25N.C7H8.3C2H6/c1-7-28-17-13-15-21-32(28)27(6)31(26(5)25(4)30-20-14-12-16-24(30)3)22-23-34-33(8-2)29-18-10-9-11-19-29;1-5-7-13-19(12-6-2)21-15-9-11-17-23(21)22-16-10-8-14-20(22)18(3)24-4;1-7-5-3-2-4-6-7;3*1-2/h9-21H,4,6-8,22-23H2,1-3,5H3;5,7-17,24H,1,3,6H2,2,4H3;2-6H,1H3;3*1-2H3/b31-26-,34-33?;13-7-,19-12+;;;;. The van der Waals surface area contributed by atoms with Crippen molar-refractivity contribution < 1.29 is 0 Å². The number of nitrogens with zero attached hydrogens (tertiary/aromatic N) is 1. The molecule has 6 rings (SSSR count). The fourth-order valence-corrected chi connectivity index (χ4v) is 7.77. The Hall–Kier alpha value is -7.03. The van der Waals surface area contributed by atoms with Crippen LogP contribution < -0.4 is 5.32 Å². The van der Waals surface area contributed by atoms with Crippen molar-refractivity contribution in [2.45, 2.75) is 109 Å². The Morgan fingerprint density at radius 1 is 0.577 bits per heavy atom. The van der Waals surface area contributed by atoms with Crippen molar-refractivity contribution in [1.29, 1.82) is 0 Å². The van der Waals surface area contributed by atoms with E-state index in [2.05, 4.69) is 213 Å². The lowest BCUT2D eigenvalue weighted by atomic mass is 9.85. The molecule has 2 nitrogen and oxygen atoms in total. The van der Waals surface area contributed by atoms with Crippen molar-refractivity contribution in [3.8, 4) is 11.1 Å². The Labute approximate surface area is 433 Å².